The highest BCUT2D eigenvalue weighted by Gasteiger charge is 2.20. The van der Waals surface area contributed by atoms with Gasteiger partial charge in [0.2, 0.25) is 0 Å². The molecule has 0 radical (unpaired) electrons. The second-order valence-corrected chi connectivity index (χ2v) is 5.98. The molecule has 5 heteroatoms. The first kappa shape index (κ1) is 11.8. The zero-order chi connectivity index (χ0) is 11.4. The van der Waals surface area contributed by atoms with Crippen molar-refractivity contribution in [3.05, 3.63) is 22.2 Å². The van der Waals surface area contributed by atoms with E-state index in [0.717, 1.165) is 24.4 Å². The Hall–Kier alpha value is -0.650. The van der Waals surface area contributed by atoms with Crippen LogP contribution >= 0.6 is 23.1 Å². The lowest BCUT2D eigenvalue weighted by Gasteiger charge is -2.24. The van der Waals surface area contributed by atoms with Crippen LogP contribution in [0.1, 0.15) is 18.2 Å². The van der Waals surface area contributed by atoms with Gasteiger partial charge in [0.15, 0.2) is 5.12 Å². The van der Waals surface area contributed by atoms with Gasteiger partial charge in [0.1, 0.15) is 0 Å². The van der Waals surface area contributed by atoms with Gasteiger partial charge >= 0.3 is 0 Å². The number of aromatic nitrogens is 1. The molecular weight excluding hydrogens is 240 g/mol. The highest BCUT2D eigenvalue weighted by Crippen LogP contribution is 2.27. The van der Waals surface area contributed by atoms with E-state index < -0.39 is 0 Å². The smallest absolute Gasteiger partial charge is 0.186 e. The molecule has 1 saturated heterocycles. The average molecular weight is 254 g/mol. The van der Waals surface area contributed by atoms with Crippen LogP contribution in [0.15, 0.2) is 17.3 Å². The number of carbonyl (C=O) groups is 1. The Bertz CT molecular complexity index is 387. The van der Waals surface area contributed by atoms with E-state index >= 15 is 0 Å². The van der Waals surface area contributed by atoms with E-state index in [0.29, 0.717) is 5.25 Å². The average Bonchev–Trinajstić information content (AvgIpc) is 2.73. The zero-order valence-electron chi connectivity index (χ0n) is 9.10. The summed E-state index contributed by atoms with van der Waals surface area (Å²) in [5.41, 5.74) is 3.13. The summed E-state index contributed by atoms with van der Waals surface area (Å²) < 4.78 is 0. The fraction of sp³-hybridized carbons (Fsp3) is 0.455. The molecule has 3 nitrogen and oxygen atoms in total. The summed E-state index contributed by atoms with van der Waals surface area (Å²) in [5.74, 6) is 0. The van der Waals surface area contributed by atoms with Crippen LogP contribution in [0.5, 0.6) is 0 Å². The van der Waals surface area contributed by atoms with Crippen LogP contribution in [-0.4, -0.2) is 28.4 Å². The van der Waals surface area contributed by atoms with E-state index in [9.17, 15) is 4.79 Å². The third-order valence-corrected chi connectivity index (χ3v) is 4.29. The van der Waals surface area contributed by atoms with Gasteiger partial charge in [-0.25, -0.2) is 0 Å². The van der Waals surface area contributed by atoms with Crippen LogP contribution in [0.2, 0.25) is 0 Å². The maximum atomic E-state index is 11.2. The fourth-order valence-corrected chi connectivity index (χ4v) is 3.25. The highest BCUT2D eigenvalue weighted by molar-refractivity contribution is 8.14. The van der Waals surface area contributed by atoms with E-state index in [2.05, 4.69) is 16.4 Å². The summed E-state index contributed by atoms with van der Waals surface area (Å²) in [5, 5.41) is 3.87. The molecule has 1 aliphatic rings. The van der Waals surface area contributed by atoms with E-state index in [1.54, 1.807) is 18.3 Å². The van der Waals surface area contributed by atoms with Crippen molar-refractivity contribution in [1.29, 1.82) is 0 Å². The van der Waals surface area contributed by atoms with Gasteiger partial charge in [-0.1, -0.05) is 11.8 Å². The van der Waals surface area contributed by atoms with Crippen LogP contribution in [-0.2, 0) is 4.79 Å². The summed E-state index contributed by atoms with van der Waals surface area (Å²) in [6.07, 6.45) is 5.04. The number of piperidine rings is 1. The number of thiazole rings is 1. The molecule has 2 heterocycles. The molecule has 2 rings (SSSR count). The fourth-order valence-electron chi connectivity index (χ4n) is 1.72. The number of hydrogen-bond acceptors (Lipinski definition) is 5. The molecule has 0 amide bonds. The van der Waals surface area contributed by atoms with Gasteiger partial charge < -0.3 is 5.32 Å². The van der Waals surface area contributed by atoms with Crippen molar-refractivity contribution in [3.63, 3.8) is 0 Å². The van der Waals surface area contributed by atoms with Crippen LogP contribution in [0.4, 0.5) is 0 Å². The summed E-state index contributed by atoms with van der Waals surface area (Å²) >= 11 is 3.07. The maximum Gasteiger partial charge on any atom is 0.186 e. The van der Waals surface area contributed by atoms with Crippen molar-refractivity contribution < 1.29 is 4.79 Å². The molecule has 16 heavy (non-hydrogen) atoms. The number of hydrogen-bond donors (Lipinski definition) is 1. The van der Waals surface area contributed by atoms with Gasteiger partial charge in [0.25, 0.3) is 0 Å². The molecule has 86 valence electrons. The van der Waals surface area contributed by atoms with E-state index in [1.165, 1.54) is 17.3 Å². The van der Waals surface area contributed by atoms with Gasteiger partial charge in [-0.2, -0.15) is 0 Å². The molecule has 1 aromatic rings. The summed E-state index contributed by atoms with van der Waals surface area (Å²) in [4.78, 5) is 16.4. The first-order valence-corrected chi connectivity index (χ1v) is 6.98. The van der Waals surface area contributed by atoms with E-state index in [4.69, 9.17) is 0 Å². The van der Waals surface area contributed by atoms with Crippen molar-refractivity contribution in [1.82, 2.24) is 10.3 Å². The van der Waals surface area contributed by atoms with Crippen molar-refractivity contribution >= 4 is 34.3 Å². The monoisotopic (exact) mass is 254 g/mol. The minimum Gasteiger partial charge on any atom is -0.313 e. The molecular formula is C11H14N2OS2. The number of carbonyl (C=O) groups excluding carboxylic acids is 1. The Kier molecular flexibility index (Phi) is 4.15. The molecule has 1 N–H and O–H groups in total. The Morgan fingerprint density at radius 2 is 2.62 bits per heavy atom. The Morgan fingerprint density at radius 1 is 1.75 bits per heavy atom. The first-order chi connectivity index (χ1) is 7.75. The van der Waals surface area contributed by atoms with Gasteiger partial charge in [-0.3, -0.25) is 9.78 Å². The number of nitrogens with zero attached hydrogens (tertiary/aromatic N) is 1. The number of nitrogens with one attached hydrogen (secondary N) is 1. The summed E-state index contributed by atoms with van der Waals surface area (Å²) in [6, 6.07) is 0. The molecule has 1 aliphatic heterocycles. The maximum absolute atomic E-state index is 11.2. The Balaban J connectivity index is 2.12. The van der Waals surface area contributed by atoms with Gasteiger partial charge in [-0.15, -0.1) is 11.3 Å². The third kappa shape index (κ3) is 3.17. The van der Waals surface area contributed by atoms with E-state index in [1.807, 2.05) is 11.7 Å². The molecule has 0 spiro atoms. The van der Waals surface area contributed by atoms with Crippen LogP contribution < -0.4 is 5.32 Å². The second kappa shape index (κ2) is 5.61. The standard InChI is InChI=1S/C11H14N2OS2/c1-8(14)16-11-2-3-12-5-9(11)4-10-6-13-7-15-10/h4,6-7,11-12H,2-3,5H2,1H3/b9-4+. The Labute approximate surface area is 103 Å². The normalized spacial score (nSPS) is 23.6. The highest BCUT2D eigenvalue weighted by atomic mass is 32.2. The van der Waals surface area contributed by atoms with Gasteiger partial charge in [-0.05, 0) is 24.6 Å². The molecule has 0 saturated carbocycles. The lowest BCUT2D eigenvalue weighted by atomic mass is 10.1. The predicted molar refractivity (Wildman–Crippen MR) is 69.6 cm³/mol. The molecule has 0 bridgehead atoms. The van der Waals surface area contributed by atoms with Crippen molar-refractivity contribution in [3.8, 4) is 0 Å². The zero-order valence-corrected chi connectivity index (χ0v) is 10.7. The first-order valence-electron chi connectivity index (χ1n) is 5.22. The quantitative estimate of drug-likeness (QED) is 0.878. The van der Waals surface area contributed by atoms with Crippen molar-refractivity contribution in [2.45, 2.75) is 18.6 Å². The topological polar surface area (TPSA) is 42.0 Å². The minimum absolute atomic E-state index is 0.196. The number of thioether (sulfide) groups is 1. The number of rotatable bonds is 2. The van der Waals surface area contributed by atoms with Gasteiger partial charge in [0, 0.05) is 29.8 Å². The molecule has 1 aromatic heterocycles. The third-order valence-electron chi connectivity index (χ3n) is 2.41. The van der Waals surface area contributed by atoms with Gasteiger partial charge in [0.05, 0.1) is 5.51 Å². The molecule has 0 aromatic carbocycles. The SMILES string of the molecule is CC(=O)SC1CCNC/C1=C\c1cncs1. The molecule has 1 atom stereocenters. The van der Waals surface area contributed by atoms with Crippen molar-refractivity contribution in [2.75, 3.05) is 13.1 Å². The Morgan fingerprint density at radius 3 is 3.31 bits per heavy atom. The summed E-state index contributed by atoms with van der Waals surface area (Å²) in [7, 11) is 0. The minimum atomic E-state index is 0.196. The predicted octanol–water partition coefficient (Wildman–Crippen LogP) is 2.17. The largest absolute Gasteiger partial charge is 0.313 e. The van der Waals surface area contributed by atoms with Crippen LogP contribution in [0, 0.1) is 0 Å². The van der Waals surface area contributed by atoms with Crippen molar-refractivity contribution in [2.24, 2.45) is 0 Å². The molecule has 1 fully saturated rings. The lowest BCUT2D eigenvalue weighted by Crippen LogP contribution is -2.32. The summed E-state index contributed by atoms with van der Waals surface area (Å²) in [6.45, 7) is 3.50. The van der Waals surface area contributed by atoms with Crippen LogP contribution in [0.3, 0.4) is 0 Å². The molecule has 1 unspecified atom stereocenters. The van der Waals surface area contributed by atoms with E-state index in [-0.39, 0.29) is 5.12 Å². The molecule has 0 aliphatic carbocycles. The van der Waals surface area contributed by atoms with Crippen LogP contribution in [0.25, 0.3) is 6.08 Å². The second-order valence-electron chi connectivity index (χ2n) is 3.69. The lowest BCUT2D eigenvalue weighted by molar-refractivity contribution is -0.109.